The van der Waals surface area contributed by atoms with Crippen molar-refractivity contribution in [2.24, 2.45) is 0 Å². The summed E-state index contributed by atoms with van der Waals surface area (Å²) in [6, 6.07) is 13.1. The van der Waals surface area contributed by atoms with Crippen LogP contribution in [0.2, 0.25) is 0 Å². The summed E-state index contributed by atoms with van der Waals surface area (Å²) in [5, 5.41) is 2.88. The number of carbonyl (C=O) groups excluding carboxylic acids is 1. The molecule has 23 heavy (non-hydrogen) atoms. The fraction of sp³-hybridized carbons (Fsp3) is 0.235. The molecule has 0 radical (unpaired) electrons. The minimum absolute atomic E-state index is 0.219. The molecule has 0 aliphatic rings. The highest BCUT2D eigenvalue weighted by molar-refractivity contribution is 7.90. The molecular weight excluding hydrogens is 314 g/mol. The maximum absolute atomic E-state index is 12.3. The highest BCUT2D eigenvalue weighted by Gasteiger charge is 2.13. The number of hydrogen-bond acceptors (Lipinski definition) is 4. The number of rotatable bonds is 5. The van der Waals surface area contributed by atoms with E-state index in [0.717, 1.165) is 11.8 Å². The third kappa shape index (κ3) is 4.32. The van der Waals surface area contributed by atoms with Gasteiger partial charge in [0, 0.05) is 11.8 Å². The molecule has 0 aliphatic carbocycles. The zero-order valence-corrected chi connectivity index (χ0v) is 14.1. The largest absolute Gasteiger partial charge is 0.497 e. The first-order chi connectivity index (χ1) is 10.8. The lowest BCUT2D eigenvalue weighted by Crippen LogP contribution is -2.26. The molecule has 6 heteroatoms. The SMILES string of the molecule is COc1cccc(C(=O)NC(C)c2ccc(S(C)(=O)=O)cc2)c1. The van der Waals surface area contributed by atoms with Crippen molar-refractivity contribution < 1.29 is 17.9 Å². The summed E-state index contributed by atoms with van der Waals surface area (Å²) in [7, 11) is -1.68. The Kier molecular flexibility index (Phi) is 5.05. The lowest BCUT2D eigenvalue weighted by Gasteiger charge is -2.15. The van der Waals surface area contributed by atoms with E-state index in [0.29, 0.717) is 11.3 Å². The van der Waals surface area contributed by atoms with Crippen LogP contribution in [0.15, 0.2) is 53.4 Å². The van der Waals surface area contributed by atoms with Gasteiger partial charge in [-0.3, -0.25) is 4.79 Å². The summed E-state index contributed by atoms with van der Waals surface area (Å²) in [4.78, 5) is 12.5. The van der Waals surface area contributed by atoms with Crippen molar-refractivity contribution in [3.8, 4) is 5.75 Å². The minimum atomic E-state index is -3.22. The van der Waals surface area contributed by atoms with Crippen LogP contribution < -0.4 is 10.1 Å². The molecule has 5 nitrogen and oxygen atoms in total. The van der Waals surface area contributed by atoms with Crippen LogP contribution in [0, 0.1) is 0 Å². The first-order valence-electron chi connectivity index (χ1n) is 7.06. The van der Waals surface area contributed by atoms with Gasteiger partial charge in [-0.2, -0.15) is 0 Å². The quantitative estimate of drug-likeness (QED) is 0.913. The number of methoxy groups -OCH3 is 1. The molecule has 1 atom stereocenters. The Bertz CT molecular complexity index is 798. The van der Waals surface area contributed by atoms with E-state index in [4.69, 9.17) is 4.74 Å². The van der Waals surface area contributed by atoms with Gasteiger partial charge in [0.05, 0.1) is 18.0 Å². The molecule has 0 aromatic heterocycles. The van der Waals surface area contributed by atoms with E-state index in [-0.39, 0.29) is 16.8 Å². The van der Waals surface area contributed by atoms with Crippen LogP contribution in [0.25, 0.3) is 0 Å². The molecular formula is C17H19NO4S. The third-order valence-corrected chi connectivity index (χ3v) is 4.62. The van der Waals surface area contributed by atoms with Crippen LogP contribution in [0.4, 0.5) is 0 Å². The van der Waals surface area contributed by atoms with Crippen molar-refractivity contribution in [3.63, 3.8) is 0 Å². The van der Waals surface area contributed by atoms with Gasteiger partial charge in [0.2, 0.25) is 0 Å². The molecule has 2 aromatic rings. The fourth-order valence-corrected chi connectivity index (χ4v) is 2.76. The normalized spacial score (nSPS) is 12.5. The third-order valence-electron chi connectivity index (χ3n) is 3.49. The summed E-state index contributed by atoms with van der Waals surface area (Å²) < 4.78 is 28.0. The molecule has 0 aliphatic heterocycles. The maximum atomic E-state index is 12.3. The molecule has 0 heterocycles. The lowest BCUT2D eigenvalue weighted by atomic mass is 10.1. The number of sulfone groups is 1. The van der Waals surface area contributed by atoms with Gasteiger partial charge in [0.25, 0.3) is 5.91 Å². The van der Waals surface area contributed by atoms with Crippen molar-refractivity contribution in [3.05, 3.63) is 59.7 Å². The van der Waals surface area contributed by atoms with Gasteiger partial charge >= 0.3 is 0 Å². The second-order valence-corrected chi connectivity index (χ2v) is 7.28. The number of hydrogen-bond donors (Lipinski definition) is 1. The second-order valence-electron chi connectivity index (χ2n) is 5.27. The summed E-state index contributed by atoms with van der Waals surface area (Å²) in [5.74, 6) is 0.395. The molecule has 1 unspecified atom stereocenters. The predicted molar refractivity (Wildman–Crippen MR) is 88.4 cm³/mol. The van der Waals surface area contributed by atoms with Gasteiger partial charge in [-0.1, -0.05) is 18.2 Å². The average molecular weight is 333 g/mol. The van der Waals surface area contributed by atoms with Gasteiger partial charge in [0.1, 0.15) is 5.75 Å². The topological polar surface area (TPSA) is 72.5 Å². The van der Waals surface area contributed by atoms with E-state index < -0.39 is 9.84 Å². The Morgan fingerprint density at radius 2 is 1.78 bits per heavy atom. The van der Waals surface area contributed by atoms with Crippen molar-refractivity contribution in [1.29, 1.82) is 0 Å². The van der Waals surface area contributed by atoms with Crippen LogP contribution in [0.3, 0.4) is 0 Å². The molecule has 0 fully saturated rings. The van der Waals surface area contributed by atoms with Gasteiger partial charge in [-0.15, -0.1) is 0 Å². The van der Waals surface area contributed by atoms with Crippen LogP contribution in [-0.4, -0.2) is 27.7 Å². The van der Waals surface area contributed by atoms with Crippen LogP contribution in [-0.2, 0) is 9.84 Å². The Labute approximate surface area is 136 Å². The number of benzene rings is 2. The predicted octanol–water partition coefficient (Wildman–Crippen LogP) is 2.59. The van der Waals surface area contributed by atoms with Gasteiger partial charge in [-0.05, 0) is 42.8 Å². The van der Waals surface area contributed by atoms with Crippen molar-refractivity contribution in [2.45, 2.75) is 17.9 Å². The molecule has 122 valence electrons. The summed E-state index contributed by atoms with van der Waals surface area (Å²) in [6.07, 6.45) is 1.16. The second kappa shape index (κ2) is 6.83. The molecule has 0 saturated carbocycles. The van der Waals surface area contributed by atoms with Crippen LogP contribution in [0.5, 0.6) is 5.75 Å². The zero-order valence-electron chi connectivity index (χ0n) is 13.2. The zero-order chi connectivity index (χ0) is 17.0. The Morgan fingerprint density at radius 1 is 1.13 bits per heavy atom. The molecule has 2 aromatic carbocycles. The molecule has 0 saturated heterocycles. The number of carbonyl (C=O) groups is 1. The van der Waals surface area contributed by atoms with E-state index in [9.17, 15) is 13.2 Å². The van der Waals surface area contributed by atoms with Gasteiger partial charge in [0.15, 0.2) is 9.84 Å². The maximum Gasteiger partial charge on any atom is 0.251 e. The smallest absolute Gasteiger partial charge is 0.251 e. The summed E-state index contributed by atoms with van der Waals surface area (Å²) >= 11 is 0. The first kappa shape index (κ1) is 17.0. The van der Waals surface area contributed by atoms with Crippen molar-refractivity contribution in [1.82, 2.24) is 5.32 Å². The van der Waals surface area contributed by atoms with E-state index in [1.54, 1.807) is 55.6 Å². The highest BCUT2D eigenvalue weighted by atomic mass is 32.2. The molecule has 2 rings (SSSR count). The molecule has 1 N–H and O–H groups in total. The summed E-state index contributed by atoms with van der Waals surface area (Å²) in [5.41, 5.74) is 1.33. The van der Waals surface area contributed by atoms with E-state index in [2.05, 4.69) is 5.32 Å². The minimum Gasteiger partial charge on any atom is -0.497 e. The Morgan fingerprint density at radius 3 is 2.35 bits per heavy atom. The van der Waals surface area contributed by atoms with Crippen LogP contribution >= 0.6 is 0 Å². The van der Waals surface area contributed by atoms with E-state index in [1.807, 2.05) is 6.92 Å². The summed E-state index contributed by atoms with van der Waals surface area (Å²) in [6.45, 7) is 1.84. The van der Waals surface area contributed by atoms with Crippen LogP contribution in [0.1, 0.15) is 28.9 Å². The number of amides is 1. The van der Waals surface area contributed by atoms with Crippen molar-refractivity contribution in [2.75, 3.05) is 13.4 Å². The van der Waals surface area contributed by atoms with E-state index >= 15 is 0 Å². The molecule has 0 spiro atoms. The highest BCUT2D eigenvalue weighted by Crippen LogP contribution is 2.18. The molecule has 0 bridgehead atoms. The fourth-order valence-electron chi connectivity index (χ4n) is 2.13. The van der Waals surface area contributed by atoms with Gasteiger partial charge < -0.3 is 10.1 Å². The standard InChI is InChI=1S/C17H19NO4S/c1-12(13-7-9-16(10-8-13)23(3,20)21)18-17(19)14-5-4-6-15(11-14)22-2/h4-12H,1-3H3,(H,18,19). The van der Waals surface area contributed by atoms with E-state index in [1.165, 1.54) is 0 Å². The number of ether oxygens (including phenoxy) is 1. The van der Waals surface area contributed by atoms with Crippen molar-refractivity contribution >= 4 is 15.7 Å². The molecule has 1 amide bonds. The Hall–Kier alpha value is -2.34. The monoisotopic (exact) mass is 333 g/mol. The lowest BCUT2D eigenvalue weighted by molar-refractivity contribution is 0.0939. The van der Waals surface area contributed by atoms with Gasteiger partial charge in [-0.25, -0.2) is 8.42 Å². The Balaban J connectivity index is 2.11. The average Bonchev–Trinajstić information content (AvgIpc) is 2.54. The number of nitrogens with one attached hydrogen (secondary N) is 1. The first-order valence-corrected chi connectivity index (χ1v) is 8.95.